The summed E-state index contributed by atoms with van der Waals surface area (Å²) in [7, 11) is 0. The fraction of sp³-hybridized carbons (Fsp3) is 0. The molecule has 5 nitrogen and oxygen atoms in total. The maximum Gasteiger partial charge on any atom is 0.173 e. The molecule has 0 atom stereocenters. The highest BCUT2D eigenvalue weighted by Gasteiger charge is 2.09. The molecule has 2 aromatic rings. The number of hydrogen-bond acceptors (Lipinski definition) is 4. The number of rotatable bonds is 1. The third-order valence-electron chi connectivity index (χ3n) is 1.95. The predicted molar refractivity (Wildman–Crippen MR) is 50.4 cm³/mol. The lowest BCUT2D eigenvalue weighted by Gasteiger charge is -2.01. The molecule has 0 saturated heterocycles. The van der Waals surface area contributed by atoms with Gasteiger partial charge in [0.15, 0.2) is 5.84 Å². The van der Waals surface area contributed by atoms with Crippen LogP contribution in [0, 0.1) is 0 Å². The molecule has 1 aromatic heterocycles. The number of oxime groups is 1. The summed E-state index contributed by atoms with van der Waals surface area (Å²) in [6.45, 7) is 0. The van der Waals surface area contributed by atoms with Gasteiger partial charge in [0.2, 0.25) is 0 Å². The zero-order valence-electron chi connectivity index (χ0n) is 7.14. The summed E-state index contributed by atoms with van der Waals surface area (Å²) in [4.78, 5) is 0. The summed E-state index contributed by atoms with van der Waals surface area (Å²) in [6, 6.07) is 4.73. The fourth-order valence-electron chi connectivity index (χ4n) is 1.26. The van der Waals surface area contributed by atoms with E-state index in [1.165, 1.54) is 12.3 Å². The van der Waals surface area contributed by atoms with Crippen LogP contribution in [0.1, 0.15) is 5.56 Å². The number of nitrogens with two attached hydrogens (primary N) is 1. The van der Waals surface area contributed by atoms with Crippen LogP contribution in [-0.4, -0.2) is 16.1 Å². The van der Waals surface area contributed by atoms with E-state index in [0.29, 0.717) is 5.58 Å². The lowest BCUT2D eigenvalue weighted by molar-refractivity contribution is 0.318. The number of hydrogen-bond donors (Lipinski definition) is 3. The maximum atomic E-state index is 9.50. The van der Waals surface area contributed by atoms with Crippen molar-refractivity contribution in [1.82, 2.24) is 0 Å². The molecule has 0 aliphatic rings. The van der Waals surface area contributed by atoms with Crippen molar-refractivity contribution < 1.29 is 14.7 Å². The monoisotopic (exact) mass is 192 g/mol. The summed E-state index contributed by atoms with van der Waals surface area (Å²) in [5.74, 6) is -0.214. The first kappa shape index (κ1) is 8.43. The number of fused-ring (bicyclic) bond motifs is 1. The molecule has 0 spiro atoms. The largest absolute Gasteiger partial charge is 0.507 e. The van der Waals surface area contributed by atoms with E-state index in [2.05, 4.69) is 5.16 Å². The summed E-state index contributed by atoms with van der Waals surface area (Å²) >= 11 is 0. The minimum atomic E-state index is -0.134. The first-order chi connectivity index (χ1) is 6.72. The van der Waals surface area contributed by atoms with Gasteiger partial charge in [-0.3, -0.25) is 0 Å². The molecule has 4 N–H and O–H groups in total. The standard InChI is InChI=1S/C9H8N2O3/c10-9(11-13)6-3-5-1-2-14-8(5)4-7(6)12/h1-4,12-13H,(H2,10,11). The van der Waals surface area contributed by atoms with E-state index in [0.717, 1.165) is 5.39 Å². The van der Waals surface area contributed by atoms with Crippen molar-refractivity contribution in [3.05, 3.63) is 30.0 Å². The van der Waals surface area contributed by atoms with Gasteiger partial charge in [-0.25, -0.2) is 0 Å². The molecule has 0 unspecified atom stereocenters. The van der Waals surface area contributed by atoms with Crippen molar-refractivity contribution in [2.24, 2.45) is 10.9 Å². The topological polar surface area (TPSA) is 92.0 Å². The average molecular weight is 192 g/mol. The molecular weight excluding hydrogens is 184 g/mol. The zero-order chi connectivity index (χ0) is 10.1. The van der Waals surface area contributed by atoms with E-state index >= 15 is 0 Å². The van der Waals surface area contributed by atoms with Crippen LogP contribution in [0.5, 0.6) is 5.75 Å². The first-order valence-electron chi connectivity index (χ1n) is 3.90. The van der Waals surface area contributed by atoms with Crippen molar-refractivity contribution in [1.29, 1.82) is 0 Å². The predicted octanol–water partition coefficient (Wildman–Crippen LogP) is 1.23. The Hall–Kier alpha value is -2.17. The Bertz CT molecular complexity index is 502. The summed E-state index contributed by atoms with van der Waals surface area (Å²) < 4.78 is 5.06. The van der Waals surface area contributed by atoms with E-state index in [1.807, 2.05) is 0 Å². The highest BCUT2D eigenvalue weighted by Crippen LogP contribution is 2.25. The number of furan rings is 1. The molecule has 1 aromatic carbocycles. The van der Waals surface area contributed by atoms with E-state index in [4.69, 9.17) is 15.4 Å². The minimum Gasteiger partial charge on any atom is -0.507 e. The molecule has 0 saturated carbocycles. The Balaban J connectivity index is 2.71. The van der Waals surface area contributed by atoms with Crippen LogP contribution >= 0.6 is 0 Å². The van der Waals surface area contributed by atoms with Crippen LogP contribution in [0.4, 0.5) is 0 Å². The fourth-order valence-corrected chi connectivity index (χ4v) is 1.26. The Morgan fingerprint density at radius 2 is 2.21 bits per heavy atom. The van der Waals surface area contributed by atoms with Crippen molar-refractivity contribution in [3.63, 3.8) is 0 Å². The molecule has 72 valence electrons. The van der Waals surface area contributed by atoms with Gasteiger partial charge in [-0.05, 0) is 12.1 Å². The lowest BCUT2D eigenvalue weighted by Crippen LogP contribution is -2.12. The molecular formula is C9H8N2O3. The Morgan fingerprint density at radius 1 is 1.43 bits per heavy atom. The molecule has 2 rings (SSSR count). The van der Waals surface area contributed by atoms with Gasteiger partial charge in [0.1, 0.15) is 11.3 Å². The van der Waals surface area contributed by atoms with Crippen LogP contribution < -0.4 is 5.73 Å². The van der Waals surface area contributed by atoms with E-state index < -0.39 is 0 Å². The molecule has 0 radical (unpaired) electrons. The maximum absolute atomic E-state index is 9.50. The van der Waals surface area contributed by atoms with Crippen molar-refractivity contribution in [2.75, 3.05) is 0 Å². The van der Waals surface area contributed by atoms with Gasteiger partial charge in [0.05, 0.1) is 11.8 Å². The minimum absolute atomic E-state index is 0.0808. The van der Waals surface area contributed by atoms with Gasteiger partial charge in [-0.1, -0.05) is 5.16 Å². The molecule has 0 fully saturated rings. The van der Waals surface area contributed by atoms with Gasteiger partial charge in [0.25, 0.3) is 0 Å². The Kier molecular flexibility index (Phi) is 1.78. The number of aromatic hydroxyl groups is 1. The highest BCUT2D eigenvalue weighted by atomic mass is 16.4. The van der Waals surface area contributed by atoms with Crippen LogP contribution in [0.2, 0.25) is 0 Å². The third-order valence-corrected chi connectivity index (χ3v) is 1.95. The Morgan fingerprint density at radius 3 is 2.93 bits per heavy atom. The van der Waals surface area contributed by atoms with Gasteiger partial charge >= 0.3 is 0 Å². The lowest BCUT2D eigenvalue weighted by atomic mass is 10.1. The number of phenols is 1. The second-order valence-corrected chi connectivity index (χ2v) is 2.81. The summed E-state index contributed by atoms with van der Waals surface area (Å²) in [5, 5.41) is 21.6. The number of phenolic OH excluding ortho intramolecular Hbond substituents is 1. The normalized spacial score (nSPS) is 12.1. The van der Waals surface area contributed by atoms with Gasteiger partial charge < -0.3 is 20.5 Å². The van der Waals surface area contributed by atoms with Crippen LogP contribution in [-0.2, 0) is 0 Å². The quantitative estimate of drug-likeness (QED) is 0.274. The average Bonchev–Trinajstić information content (AvgIpc) is 2.62. The summed E-state index contributed by atoms with van der Waals surface area (Å²) in [6.07, 6.45) is 1.50. The summed E-state index contributed by atoms with van der Waals surface area (Å²) in [5.41, 5.74) is 6.20. The number of amidine groups is 1. The van der Waals surface area contributed by atoms with Crippen molar-refractivity contribution >= 4 is 16.8 Å². The number of benzene rings is 1. The molecule has 14 heavy (non-hydrogen) atoms. The highest BCUT2D eigenvalue weighted by molar-refractivity contribution is 6.02. The molecule has 1 heterocycles. The van der Waals surface area contributed by atoms with Crippen LogP contribution in [0.3, 0.4) is 0 Å². The van der Waals surface area contributed by atoms with Crippen molar-refractivity contribution in [2.45, 2.75) is 0 Å². The smallest absolute Gasteiger partial charge is 0.173 e. The number of nitrogens with zero attached hydrogens (tertiary/aromatic N) is 1. The van der Waals surface area contributed by atoms with E-state index in [9.17, 15) is 5.11 Å². The second kappa shape index (κ2) is 2.95. The molecule has 0 aliphatic heterocycles. The molecule has 0 aliphatic carbocycles. The van der Waals surface area contributed by atoms with Gasteiger partial charge in [0, 0.05) is 11.5 Å². The van der Waals surface area contributed by atoms with Gasteiger partial charge in [-0.2, -0.15) is 0 Å². The van der Waals surface area contributed by atoms with E-state index in [1.54, 1.807) is 12.1 Å². The molecule has 0 amide bonds. The van der Waals surface area contributed by atoms with E-state index in [-0.39, 0.29) is 17.1 Å². The molecule has 5 heteroatoms. The van der Waals surface area contributed by atoms with Crippen LogP contribution in [0.15, 0.2) is 34.0 Å². The van der Waals surface area contributed by atoms with Gasteiger partial charge in [-0.15, -0.1) is 0 Å². The first-order valence-corrected chi connectivity index (χ1v) is 3.90. The molecule has 0 bridgehead atoms. The van der Waals surface area contributed by atoms with Crippen molar-refractivity contribution in [3.8, 4) is 5.75 Å². The second-order valence-electron chi connectivity index (χ2n) is 2.81. The Labute approximate surface area is 79.1 Å². The van der Waals surface area contributed by atoms with Crippen LogP contribution in [0.25, 0.3) is 11.0 Å². The SMILES string of the molecule is N/C(=N/O)c1cc2ccoc2cc1O. The zero-order valence-corrected chi connectivity index (χ0v) is 7.14. The third kappa shape index (κ3) is 1.15.